The van der Waals surface area contributed by atoms with Crippen LogP contribution in [0, 0.1) is 0 Å². The summed E-state index contributed by atoms with van der Waals surface area (Å²) in [6, 6.07) is 4.09. The van der Waals surface area contributed by atoms with Gasteiger partial charge in [0.1, 0.15) is 16.5 Å². The number of carbonyl (C=O) groups is 2. The zero-order chi connectivity index (χ0) is 15.6. The number of aromatic hydroxyl groups is 1. The van der Waals surface area contributed by atoms with Crippen molar-refractivity contribution in [2.75, 3.05) is 6.61 Å². The number of ketones is 1. The molecule has 0 unspecified atom stereocenters. The number of ether oxygens (including phenoxy) is 1. The van der Waals surface area contributed by atoms with Gasteiger partial charge in [0, 0.05) is 17.0 Å². The van der Waals surface area contributed by atoms with Crippen LogP contribution in [0.4, 0.5) is 0 Å². The van der Waals surface area contributed by atoms with Gasteiger partial charge in [0.05, 0.1) is 9.90 Å². The molecule has 8 heteroatoms. The molecule has 0 bridgehead atoms. The summed E-state index contributed by atoms with van der Waals surface area (Å²) in [7, 11) is 0. The van der Waals surface area contributed by atoms with Gasteiger partial charge < -0.3 is 14.9 Å². The van der Waals surface area contributed by atoms with Gasteiger partial charge >= 0.3 is 5.97 Å². The summed E-state index contributed by atoms with van der Waals surface area (Å²) in [6.07, 6.45) is 0. The Morgan fingerprint density at radius 3 is 2.52 bits per heavy atom. The number of carboxylic acids is 1. The van der Waals surface area contributed by atoms with E-state index in [2.05, 4.69) is 0 Å². The summed E-state index contributed by atoms with van der Waals surface area (Å²) in [5.74, 6) is -1.48. The van der Waals surface area contributed by atoms with Gasteiger partial charge in [0.15, 0.2) is 6.61 Å². The quantitative estimate of drug-likeness (QED) is 0.810. The first-order chi connectivity index (χ1) is 9.90. The van der Waals surface area contributed by atoms with Crippen LogP contribution in [0.15, 0.2) is 23.6 Å². The van der Waals surface area contributed by atoms with E-state index in [1.807, 2.05) is 0 Å². The van der Waals surface area contributed by atoms with Crippen molar-refractivity contribution < 1.29 is 24.5 Å². The van der Waals surface area contributed by atoms with Gasteiger partial charge in [-0.15, -0.1) is 11.3 Å². The van der Waals surface area contributed by atoms with Crippen molar-refractivity contribution in [2.45, 2.75) is 0 Å². The molecule has 110 valence electrons. The average Bonchev–Trinajstić information content (AvgIpc) is 2.86. The number of rotatable bonds is 5. The highest BCUT2D eigenvalue weighted by atomic mass is 35.5. The number of hydrogen-bond donors (Lipinski definition) is 2. The maximum atomic E-state index is 12.2. The zero-order valence-corrected chi connectivity index (χ0v) is 12.6. The average molecular weight is 347 g/mol. The van der Waals surface area contributed by atoms with Crippen LogP contribution < -0.4 is 4.74 Å². The maximum absolute atomic E-state index is 12.2. The Kier molecular flexibility index (Phi) is 4.72. The molecule has 2 N–H and O–H groups in total. The smallest absolute Gasteiger partial charge is 0.341 e. The van der Waals surface area contributed by atoms with Crippen molar-refractivity contribution in [2.24, 2.45) is 0 Å². The van der Waals surface area contributed by atoms with E-state index in [1.54, 1.807) is 0 Å². The number of thiophene rings is 1. The minimum absolute atomic E-state index is 0.00742. The Bertz CT molecular complexity index is 711. The van der Waals surface area contributed by atoms with E-state index >= 15 is 0 Å². The number of halogens is 2. The lowest BCUT2D eigenvalue weighted by Crippen LogP contribution is -2.10. The van der Waals surface area contributed by atoms with Crippen molar-refractivity contribution >= 4 is 46.3 Å². The molecule has 0 amide bonds. The van der Waals surface area contributed by atoms with Crippen LogP contribution in [0.3, 0.4) is 0 Å². The monoisotopic (exact) mass is 346 g/mol. The Balaban J connectivity index is 2.32. The second-order valence-corrected chi connectivity index (χ2v) is 5.59. The predicted octanol–water partition coefficient (Wildman–Crippen LogP) is 3.45. The SMILES string of the molecule is O=C(O)COc1ccc(C(=O)c2cc(O)cs2)c(Cl)c1Cl. The molecule has 0 atom stereocenters. The minimum atomic E-state index is -1.16. The first-order valence-electron chi connectivity index (χ1n) is 5.55. The highest BCUT2D eigenvalue weighted by molar-refractivity contribution is 7.12. The molecule has 0 radical (unpaired) electrons. The molecule has 0 aliphatic heterocycles. The van der Waals surface area contributed by atoms with Gasteiger partial charge in [-0.2, -0.15) is 0 Å². The molecule has 2 aromatic rings. The molecule has 0 saturated carbocycles. The molecule has 0 aliphatic rings. The molecule has 0 spiro atoms. The molecule has 5 nitrogen and oxygen atoms in total. The van der Waals surface area contributed by atoms with E-state index in [0.29, 0.717) is 4.88 Å². The third-order valence-electron chi connectivity index (χ3n) is 2.45. The molecule has 1 aromatic carbocycles. The van der Waals surface area contributed by atoms with Crippen LogP contribution in [-0.4, -0.2) is 28.6 Å². The fraction of sp³-hybridized carbons (Fsp3) is 0.0769. The molecule has 21 heavy (non-hydrogen) atoms. The van der Waals surface area contributed by atoms with E-state index in [4.69, 9.17) is 33.0 Å². The van der Waals surface area contributed by atoms with Crippen molar-refractivity contribution in [3.63, 3.8) is 0 Å². The number of benzene rings is 1. The second-order valence-electron chi connectivity index (χ2n) is 3.92. The van der Waals surface area contributed by atoms with Gasteiger partial charge in [-0.3, -0.25) is 4.79 Å². The van der Waals surface area contributed by atoms with Crippen LogP contribution in [0.2, 0.25) is 10.0 Å². The van der Waals surface area contributed by atoms with Crippen LogP contribution in [0.1, 0.15) is 15.2 Å². The van der Waals surface area contributed by atoms with Crippen molar-refractivity contribution in [1.29, 1.82) is 0 Å². The number of hydrogen-bond acceptors (Lipinski definition) is 5. The Morgan fingerprint density at radius 2 is 1.95 bits per heavy atom. The van der Waals surface area contributed by atoms with E-state index in [0.717, 1.165) is 11.3 Å². The highest BCUT2D eigenvalue weighted by Gasteiger charge is 2.19. The lowest BCUT2D eigenvalue weighted by Gasteiger charge is -2.09. The molecule has 1 heterocycles. The van der Waals surface area contributed by atoms with Crippen LogP contribution in [0.5, 0.6) is 11.5 Å². The van der Waals surface area contributed by atoms with Crippen LogP contribution in [-0.2, 0) is 4.79 Å². The Hall–Kier alpha value is -1.76. The van der Waals surface area contributed by atoms with Crippen molar-refractivity contribution in [1.82, 2.24) is 0 Å². The summed E-state index contributed by atoms with van der Waals surface area (Å²) < 4.78 is 4.96. The van der Waals surface area contributed by atoms with Crippen LogP contribution in [0.25, 0.3) is 0 Å². The molecule has 0 aliphatic carbocycles. The van der Waals surface area contributed by atoms with Gasteiger partial charge in [0.25, 0.3) is 0 Å². The molecule has 0 fully saturated rings. The van der Waals surface area contributed by atoms with Gasteiger partial charge in [-0.05, 0) is 12.1 Å². The second kappa shape index (κ2) is 6.34. The summed E-state index contributed by atoms with van der Waals surface area (Å²) in [5.41, 5.74) is 0.145. The largest absolute Gasteiger partial charge is 0.507 e. The summed E-state index contributed by atoms with van der Waals surface area (Å²) in [5, 5.41) is 19.2. The Morgan fingerprint density at radius 1 is 1.24 bits per heavy atom. The topological polar surface area (TPSA) is 83.8 Å². The summed E-state index contributed by atoms with van der Waals surface area (Å²) in [6.45, 7) is -0.567. The van der Waals surface area contributed by atoms with Crippen molar-refractivity contribution in [3.05, 3.63) is 44.1 Å². The predicted molar refractivity (Wildman–Crippen MR) is 79.0 cm³/mol. The number of carboxylic acid groups (broad SMARTS) is 1. The van der Waals surface area contributed by atoms with E-state index in [-0.39, 0.29) is 27.1 Å². The lowest BCUT2D eigenvalue weighted by atomic mass is 10.1. The van der Waals surface area contributed by atoms with Crippen LogP contribution >= 0.6 is 34.5 Å². The number of aliphatic carboxylic acids is 1. The third-order valence-corrected chi connectivity index (χ3v) is 4.23. The third kappa shape index (κ3) is 3.47. The van der Waals surface area contributed by atoms with Crippen molar-refractivity contribution in [3.8, 4) is 11.5 Å². The van der Waals surface area contributed by atoms with E-state index in [9.17, 15) is 14.7 Å². The molecular weight excluding hydrogens is 339 g/mol. The first kappa shape index (κ1) is 15.6. The highest BCUT2D eigenvalue weighted by Crippen LogP contribution is 2.36. The van der Waals surface area contributed by atoms with Gasteiger partial charge in [-0.1, -0.05) is 23.2 Å². The maximum Gasteiger partial charge on any atom is 0.341 e. The fourth-order valence-electron chi connectivity index (χ4n) is 1.54. The van der Waals surface area contributed by atoms with E-state index in [1.165, 1.54) is 23.6 Å². The number of carbonyl (C=O) groups excluding carboxylic acids is 1. The molecule has 1 aromatic heterocycles. The summed E-state index contributed by atoms with van der Waals surface area (Å²) >= 11 is 13.1. The minimum Gasteiger partial charge on any atom is -0.507 e. The molecular formula is C13H8Cl2O5S. The Labute approximate surface area is 133 Å². The lowest BCUT2D eigenvalue weighted by molar-refractivity contribution is -0.139. The molecule has 2 rings (SSSR count). The van der Waals surface area contributed by atoms with Gasteiger partial charge in [0.2, 0.25) is 5.78 Å². The van der Waals surface area contributed by atoms with Gasteiger partial charge in [-0.25, -0.2) is 4.79 Å². The fourth-order valence-corrected chi connectivity index (χ4v) is 2.72. The standard InChI is InChI=1S/C13H8Cl2O5S/c14-11-7(13(19)9-3-6(16)5-21-9)1-2-8(12(11)15)20-4-10(17)18/h1-3,5,16H,4H2,(H,17,18). The van der Waals surface area contributed by atoms with E-state index < -0.39 is 18.4 Å². The molecule has 0 saturated heterocycles. The normalized spacial score (nSPS) is 10.4. The first-order valence-corrected chi connectivity index (χ1v) is 7.18. The zero-order valence-electron chi connectivity index (χ0n) is 10.3. The summed E-state index contributed by atoms with van der Waals surface area (Å²) in [4.78, 5) is 23.0.